The van der Waals surface area contributed by atoms with E-state index >= 15 is 0 Å². The molecule has 4 aliphatic rings. The van der Waals surface area contributed by atoms with Crippen molar-refractivity contribution in [3.05, 3.63) is 23.3 Å². The Bertz CT molecular complexity index is 788. The first-order valence-corrected chi connectivity index (χ1v) is 9.91. The second-order valence-corrected chi connectivity index (χ2v) is 8.79. The van der Waals surface area contributed by atoms with Crippen LogP contribution >= 0.6 is 0 Å². The van der Waals surface area contributed by atoms with Gasteiger partial charge in [-0.25, -0.2) is 0 Å². The summed E-state index contributed by atoms with van der Waals surface area (Å²) in [4.78, 5) is 15.1. The SMILES string of the molecule is CCN(CC1CC1)C1Cc2ccc(O)c3c2[C@@]2(C)[C@@H](O3)C(=O)CC[C@@]12O. The van der Waals surface area contributed by atoms with E-state index in [2.05, 4.69) is 11.8 Å². The fraction of sp³-hybridized carbons (Fsp3) is 0.667. The Morgan fingerprint density at radius 2 is 2.12 bits per heavy atom. The molecular weight excluding hydrogens is 330 g/mol. The predicted octanol–water partition coefficient (Wildman–Crippen LogP) is 2.16. The number of phenolic OH excluding ortho intramolecular Hbond substituents is 1. The van der Waals surface area contributed by atoms with Gasteiger partial charge in [0, 0.05) is 24.6 Å². The van der Waals surface area contributed by atoms with Crippen LogP contribution in [0.5, 0.6) is 11.5 Å². The van der Waals surface area contributed by atoms with Gasteiger partial charge in [-0.2, -0.15) is 0 Å². The molecule has 0 aromatic heterocycles. The molecule has 0 radical (unpaired) electrons. The van der Waals surface area contributed by atoms with Crippen LogP contribution < -0.4 is 4.74 Å². The largest absolute Gasteiger partial charge is 0.504 e. The van der Waals surface area contributed by atoms with Crippen LogP contribution in [0.25, 0.3) is 0 Å². The average molecular weight is 357 g/mol. The summed E-state index contributed by atoms with van der Waals surface area (Å²) in [6.07, 6.45) is 3.38. The van der Waals surface area contributed by atoms with E-state index in [1.165, 1.54) is 12.8 Å². The summed E-state index contributed by atoms with van der Waals surface area (Å²) in [5.41, 5.74) is 0.131. The second-order valence-electron chi connectivity index (χ2n) is 8.79. The number of carbonyl (C=O) groups excluding carboxylic acids is 1. The quantitative estimate of drug-likeness (QED) is 0.864. The van der Waals surface area contributed by atoms with Gasteiger partial charge >= 0.3 is 0 Å². The zero-order valence-electron chi connectivity index (χ0n) is 15.5. The molecule has 140 valence electrons. The molecule has 2 fully saturated rings. The Morgan fingerprint density at radius 1 is 1.35 bits per heavy atom. The average Bonchev–Trinajstić information content (AvgIpc) is 3.37. The Hall–Kier alpha value is -1.59. The van der Waals surface area contributed by atoms with Crippen LogP contribution in [0.2, 0.25) is 0 Å². The molecule has 1 aliphatic heterocycles. The number of carbonyl (C=O) groups is 1. The minimum Gasteiger partial charge on any atom is -0.504 e. The highest BCUT2D eigenvalue weighted by Crippen LogP contribution is 2.61. The van der Waals surface area contributed by atoms with E-state index in [-0.39, 0.29) is 17.6 Å². The lowest BCUT2D eigenvalue weighted by Gasteiger charge is -2.57. The number of benzene rings is 1. The lowest BCUT2D eigenvalue weighted by Crippen LogP contribution is -2.72. The third-order valence-electron chi connectivity index (χ3n) is 7.45. The molecule has 2 saturated carbocycles. The number of Topliss-reactive ketones (excluding diaryl/α,β-unsaturated/α-hetero) is 1. The summed E-state index contributed by atoms with van der Waals surface area (Å²) in [6.45, 7) is 6.03. The van der Waals surface area contributed by atoms with Gasteiger partial charge in [0.25, 0.3) is 0 Å². The number of rotatable bonds is 4. The van der Waals surface area contributed by atoms with Gasteiger partial charge in [0.2, 0.25) is 0 Å². The molecule has 3 aliphatic carbocycles. The van der Waals surface area contributed by atoms with Crippen molar-refractivity contribution in [3.63, 3.8) is 0 Å². The van der Waals surface area contributed by atoms with Crippen LogP contribution in [0, 0.1) is 5.92 Å². The van der Waals surface area contributed by atoms with Crippen LogP contribution in [0.3, 0.4) is 0 Å². The Labute approximate surface area is 154 Å². The molecule has 1 aromatic rings. The van der Waals surface area contributed by atoms with E-state index in [9.17, 15) is 15.0 Å². The number of nitrogens with zero attached hydrogens (tertiary/aromatic N) is 1. The molecule has 0 spiro atoms. The third-order valence-corrected chi connectivity index (χ3v) is 7.45. The molecule has 5 heteroatoms. The molecule has 1 aromatic carbocycles. The lowest BCUT2D eigenvalue weighted by atomic mass is 9.52. The fourth-order valence-corrected chi connectivity index (χ4v) is 5.80. The molecule has 5 rings (SSSR count). The highest BCUT2D eigenvalue weighted by molar-refractivity contribution is 5.89. The minimum absolute atomic E-state index is 0.0275. The summed E-state index contributed by atoms with van der Waals surface area (Å²) in [7, 11) is 0. The van der Waals surface area contributed by atoms with Crippen molar-refractivity contribution >= 4 is 5.78 Å². The zero-order chi connectivity index (χ0) is 18.3. The second kappa shape index (κ2) is 5.23. The molecule has 0 bridgehead atoms. The van der Waals surface area contributed by atoms with E-state index in [1.54, 1.807) is 6.07 Å². The Balaban J connectivity index is 1.68. The maximum absolute atomic E-state index is 12.7. The van der Waals surface area contributed by atoms with E-state index in [4.69, 9.17) is 4.74 Å². The van der Waals surface area contributed by atoms with E-state index in [0.717, 1.165) is 36.6 Å². The first-order chi connectivity index (χ1) is 12.4. The van der Waals surface area contributed by atoms with Gasteiger partial charge in [0.1, 0.15) is 0 Å². The summed E-state index contributed by atoms with van der Waals surface area (Å²) < 4.78 is 5.99. The predicted molar refractivity (Wildman–Crippen MR) is 96.5 cm³/mol. The first-order valence-electron chi connectivity index (χ1n) is 9.91. The summed E-state index contributed by atoms with van der Waals surface area (Å²) in [6, 6.07) is 3.58. The van der Waals surface area contributed by atoms with Crippen LogP contribution in [0.1, 0.15) is 50.7 Å². The topological polar surface area (TPSA) is 70.0 Å². The van der Waals surface area contributed by atoms with Gasteiger partial charge in [0.05, 0.1) is 11.0 Å². The Kier molecular flexibility index (Phi) is 3.33. The van der Waals surface area contributed by atoms with Crippen LogP contribution in [-0.4, -0.2) is 51.7 Å². The highest BCUT2D eigenvalue weighted by atomic mass is 16.5. The van der Waals surface area contributed by atoms with Crippen molar-refractivity contribution in [3.8, 4) is 11.5 Å². The van der Waals surface area contributed by atoms with Gasteiger partial charge < -0.3 is 14.9 Å². The van der Waals surface area contributed by atoms with Crippen molar-refractivity contribution in [2.75, 3.05) is 13.1 Å². The van der Waals surface area contributed by atoms with Gasteiger partial charge in [-0.3, -0.25) is 9.69 Å². The smallest absolute Gasteiger partial charge is 0.174 e. The number of ketones is 1. The number of aromatic hydroxyl groups is 1. The van der Waals surface area contributed by atoms with Crippen molar-refractivity contribution < 1.29 is 19.7 Å². The first kappa shape index (κ1) is 16.6. The molecule has 0 amide bonds. The number of hydrogen-bond acceptors (Lipinski definition) is 5. The van der Waals surface area contributed by atoms with Gasteiger partial charge in [-0.1, -0.05) is 13.0 Å². The number of likely N-dealkylation sites (N-methyl/N-ethyl adjacent to an activating group) is 1. The van der Waals surface area contributed by atoms with Crippen LogP contribution in [-0.2, 0) is 16.6 Å². The minimum atomic E-state index is -1.03. The standard InChI is InChI=1S/C21H27NO4/c1-3-22(11-12-4-5-12)16-10-13-6-7-14(23)18-17(13)20(2)19(26-18)15(24)8-9-21(16,20)25/h6-7,12,16,19,23,25H,3-5,8-11H2,1-2H3/t16?,19-,20-,21+/m0/s1. The highest BCUT2D eigenvalue weighted by Gasteiger charge is 2.69. The normalized spacial score (nSPS) is 37.6. The lowest BCUT2D eigenvalue weighted by molar-refractivity contribution is -0.166. The molecule has 1 unspecified atom stereocenters. The number of phenols is 1. The maximum Gasteiger partial charge on any atom is 0.174 e. The summed E-state index contributed by atoms with van der Waals surface area (Å²) in [5, 5.41) is 22.4. The zero-order valence-corrected chi connectivity index (χ0v) is 15.5. The van der Waals surface area contributed by atoms with E-state index in [0.29, 0.717) is 18.6 Å². The third kappa shape index (κ3) is 1.91. The van der Waals surface area contributed by atoms with Gasteiger partial charge in [-0.15, -0.1) is 0 Å². The molecule has 1 heterocycles. The van der Waals surface area contributed by atoms with E-state index in [1.807, 2.05) is 13.0 Å². The summed E-state index contributed by atoms with van der Waals surface area (Å²) >= 11 is 0. The van der Waals surface area contributed by atoms with Crippen molar-refractivity contribution in [1.29, 1.82) is 0 Å². The van der Waals surface area contributed by atoms with Crippen molar-refractivity contribution in [2.45, 2.75) is 69.1 Å². The molecule has 0 saturated heterocycles. The molecule has 5 nitrogen and oxygen atoms in total. The Morgan fingerprint density at radius 3 is 2.81 bits per heavy atom. The number of hydrogen-bond donors (Lipinski definition) is 2. The van der Waals surface area contributed by atoms with Crippen LogP contribution in [0.15, 0.2) is 12.1 Å². The van der Waals surface area contributed by atoms with Gasteiger partial charge in [0.15, 0.2) is 23.4 Å². The van der Waals surface area contributed by atoms with E-state index < -0.39 is 17.1 Å². The van der Waals surface area contributed by atoms with Gasteiger partial charge in [-0.05, 0) is 56.7 Å². The molecule has 2 N–H and O–H groups in total. The van der Waals surface area contributed by atoms with Crippen LogP contribution in [0.4, 0.5) is 0 Å². The monoisotopic (exact) mass is 357 g/mol. The number of aliphatic hydroxyl groups is 1. The fourth-order valence-electron chi connectivity index (χ4n) is 5.80. The number of ether oxygens (including phenoxy) is 1. The summed E-state index contributed by atoms with van der Waals surface area (Å²) in [5.74, 6) is 1.25. The molecular formula is C21H27NO4. The molecule has 4 atom stereocenters. The van der Waals surface area contributed by atoms with Crippen molar-refractivity contribution in [1.82, 2.24) is 4.90 Å². The molecule has 26 heavy (non-hydrogen) atoms. The van der Waals surface area contributed by atoms with Crippen molar-refractivity contribution in [2.24, 2.45) is 5.92 Å². The maximum atomic E-state index is 12.7.